The molecule has 0 bridgehead atoms. The fraction of sp³-hybridized carbons (Fsp3) is 0.350. The summed E-state index contributed by atoms with van der Waals surface area (Å²) in [5, 5.41) is 7.16. The van der Waals surface area contributed by atoms with Crippen molar-refractivity contribution in [1.29, 1.82) is 0 Å². The fourth-order valence-corrected chi connectivity index (χ4v) is 3.34. The SMILES string of the molecule is COc1ccc(SCCCNC(=S)Nc2ccc(C(C)C)cc2)cc1. The van der Waals surface area contributed by atoms with Crippen LogP contribution in [0.15, 0.2) is 53.4 Å². The molecule has 25 heavy (non-hydrogen) atoms. The Bertz CT molecular complexity index is 654. The Morgan fingerprint density at radius 2 is 1.76 bits per heavy atom. The lowest BCUT2D eigenvalue weighted by Gasteiger charge is -2.12. The van der Waals surface area contributed by atoms with E-state index in [0.717, 1.165) is 30.2 Å². The largest absolute Gasteiger partial charge is 0.497 e. The molecule has 0 spiro atoms. The highest BCUT2D eigenvalue weighted by Crippen LogP contribution is 2.21. The van der Waals surface area contributed by atoms with Crippen LogP contribution in [0.1, 0.15) is 31.7 Å². The van der Waals surface area contributed by atoms with E-state index in [1.54, 1.807) is 7.11 Å². The molecule has 0 saturated heterocycles. The molecule has 0 atom stereocenters. The summed E-state index contributed by atoms with van der Waals surface area (Å²) in [5.74, 6) is 2.48. The van der Waals surface area contributed by atoms with Gasteiger partial charge in [0.25, 0.3) is 0 Å². The van der Waals surface area contributed by atoms with Gasteiger partial charge in [0.2, 0.25) is 0 Å². The van der Waals surface area contributed by atoms with Gasteiger partial charge in [0.15, 0.2) is 5.11 Å². The van der Waals surface area contributed by atoms with Gasteiger partial charge in [-0.3, -0.25) is 0 Å². The first kappa shape index (κ1) is 19.6. The van der Waals surface area contributed by atoms with Crippen molar-refractivity contribution in [2.24, 2.45) is 0 Å². The molecule has 3 nitrogen and oxygen atoms in total. The monoisotopic (exact) mass is 374 g/mol. The normalized spacial score (nSPS) is 10.6. The molecule has 2 N–H and O–H groups in total. The van der Waals surface area contributed by atoms with Gasteiger partial charge in [-0.2, -0.15) is 0 Å². The van der Waals surface area contributed by atoms with Gasteiger partial charge in [0.1, 0.15) is 5.75 Å². The molecule has 2 aromatic carbocycles. The van der Waals surface area contributed by atoms with Crippen molar-refractivity contribution >= 4 is 34.8 Å². The van der Waals surface area contributed by atoms with Crippen LogP contribution in [-0.2, 0) is 0 Å². The number of thioether (sulfide) groups is 1. The number of nitrogens with one attached hydrogen (secondary N) is 2. The zero-order valence-electron chi connectivity index (χ0n) is 15.0. The smallest absolute Gasteiger partial charge is 0.170 e. The van der Waals surface area contributed by atoms with Gasteiger partial charge in [-0.05, 0) is 72.3 Å². The molecule has 0 aliphatic carbocycles. The number of hydrogen-bond acceptors (Lipinski definition) is 3. The van der Waals surface area contributed by atoms with Crippen LogP contribution in [0, 0.1) is 0 Å². The minimum Gasteiger partial charge on any atom is -0.497 e. The Hall–Kier alpha value is -1.72. The van der Waals surface area contributed by atoms with Gasteiger partial charge in [0.05, 0.1) is 7.11 Å². The Balaban J connectivity index is 1.63. The first-order valence-corrected chi connectivity index (χ1v) is 9.89. The van der Waals surface area contributed by atoms with Crippen LogP contribution in [0.3, 0.4) is 0 Å². The second-order valence-electron chi connectivity index (χ2n) is 6.04. The lowest BCUT2D eigenvalue weighted by Crippen LogP contribution is -2.29. The maximum Gasteiger partial charge on any atom is 0.170 e. The molecule has 0 saturated carbocycles. The van der Waals surface area contributed by atoms with Gasteiger partial charge in [-0.1, -0.05) is 26.0 Å². The maximum absolute atomic E-state index is 5.35. The van der Waals surface area contributed by atoms with E-state index in [1.807, 2.05) is 23.9 Å². The maximum atomic E-state index is 5.35. The zero-order chi connectivity index (χ0) is 18.1. The third kappa shape index (κ3) is 6.96. The number of methoxy groups -OCH3 is 1. The number of hydrogen-bond donors (Lipinski definition) is 2. The van der Waals surface area contributed by atoms with Crippen LogP contribution in [0.25, 0.3) is 0 Å². The predicted molar refractivity (Wildman–Crippen MR) is 113 cm³/mol. The predicted octanol–water partition coefficient (Wildman–Crippen LogP) is 5.29. The van der Waals surface area contributed by atoms with E-state index in [1.165, 1.54) is 10.5 Å². The topological polar surface area (TPSA) is 33.3 Å². The average molecular weight is 375 g/mol. The molecule has 0 unspecified atom stereocenters. The van der Waals surface area contributed by atoms with E-state index >= 15 is 0 Å². The van der Waals surface area contributed by atoms with Gasteiger partial charge >= 0.3 is 0 Å². The number of rotatable bonds is 8. The third-order valence-corrected chi connectivity index (χ3v) is 5.11. The second kappa shape index (κ2) is 10.3. The van der Waals surface area contributed by atoms with Crippen LogP contribution in [0.2, 0.25) is 0 Å². The van der Waals surface area contributed by atoms with Crippen molar-refractivity contribution in [3.63, 3.8) is 0 Å². The Morgan fingerprint density at radius 1 is 1.08 bits per heavy atom. The van der Waals surface area contributed by atoms with Crippen LogP contribution in [0.4, 0.5) is 5.69 Å². The molecule has 0 amide bonds. The van der Waals surface area contributed by atoms with Gasteiger partial charge in [-0.15, -0.1) is 11.8 Å². The summed E-state index contributed by atoms with van der Waals surface area (Å²) in [6.45, 7) is 5.25. The summed E-state index contributed by atoms with van der Waals surface area (Å²) >= 11 is 7.19. The van der Waals surface area contributed by atoms with Gasteiger partial charge < -0.3 is 15.4 Å². The van der Waals surface area contributed by atoms with Gasteiger partial charge in [-0.25, -0.2) is 0 Å². The minimum absolute atomic E-state index is 0.544. The standard InChI is InChI=1S/C20H26N2OS2/c1-15(2)16-5-7-17(8-6-16)22-20(24)21-13-4-14-25-19-11-9-18(23-3)10-12-19/h5-12,15H,4,13-14H2,1-3H3,(H2,21,22,24). The van der Waals surface area contributed by atoms with Crippen LogP contribution >= 0.6 is 24.0 Å². The third-order valence-electron chi connectivity index (χ3n) is 3.77. The summed E-state index contributed by atoms with van der Waals surface area (Å²) in [6, 6.07) is 16.6. The molecular formula is C20H26N2OS2. The zero-order valence-corrected chi connectivity index (χ0v) is 16.7. The lowest BCUT2D eigenvalue weighted by atomic mass is 10.0. The Labute approximate surface area is 160 Å². The molecule has 0 radical (unpaired) electrons. The van der Waals surface area contributed by atoms with E-state index in [9.17, 15) is 0 Å². The summed E-state index contributed by atoms with van der Waals surface area (Å²) < 4.78 is 5.16. The first-order chi connectivity index (χ1) is 12.1. The fourth-order valence-electron chi connectivity index (χ4n) is 2.26. The van der Waals surface area contributed by atoms with E-state index in [0.29, 0.717) is 11.0 Å². The molecule has 0 heterocycles. The molecule has 0 fully saturated rings. The summed E-state index contributed by atoms with van der Waals surface area (Å²) in [4.78, 5) is 1.26. The lowest BCUT2D eigenvalue weighted by molar-refractivity contribution is 0.414. The summed E-state index contributed by atoms with van der Waals surface area (Å²) in [5.41, 5.74) is 2.36. The summed E-state index contributed by atoms with van der Waals surface area (Å²) in [7, 11) is 1.68. The van der Waals surface area contributed by atoms with Crippen molar-refractivity contribution in [2.75, 3.05) is 24.7 Å². The number of ether oxygens (including phenoxy) is 1. The first-order valence-electron chi connectivity index (χ1n) is 8.50. The van der Waals surface area contributed by atoms with E-state index < -0.39 is 0 Å². The number of benzene rings is 2. The summed E-state index contributed by atoms with van der Waals surface area (Å²) in [6.07, 6.45) is 1.05. The van der Waals surface area contributed by atoms with Crippen molar-refractivity contribution in [3.8, 4) is 5.75 Å². The molecule has 0 aliphatic heterocycles. The number of anilines is 1. The van der Waals surface area contributed by atoms with E-state index in [4.69, 9.17) is 17.0 Å². The highest BCUT2D eigenvalue weighted by molar-refractivity contribution is 7.99. The molecule has 0 aromatic heterocycles. The second-order valence-corrected chi connectivity index (χ2v) is 7.61. The van der Waals surface area contributed by atoms with Gasteiger partial charge in [0, 0.05) is 17.1 Å². The molecule has 134 valence electrons. The van der Waals surface area contributed by atoms with Crippen LogP contribution in [0.5, 0.6) is 5.75 Å². The van der Waals surface area contributed by atoms with Crippen molar-refractivity contribution in [2.45, 2.75) is 31.1 Å². The molecule has 2 aromatic rings. The minimum atomic E-state index is 0.544. The quantitative estimate of drug-likeness (QED) is 0.373. The highest BCUT2D eigenvalue weighted by Gasteiger charge is 2.01. The van der Waals surface area contributed by atoms with E-state index in [2.05, 4.69) is 60.9 Å². The van der Waals surface area contributed by atoms with Crippen LogP contribution < -0.4 is 15.4 Å². The molecule has 0 aliphatic rings. The van der Waals surface area contributed by atoms with E-state index in [-0.39, 0.29) is 0 Å². The molecule has 2 rings (SSSR count). The van der Waals surface area contributed by atoms with Crippen molar-refractivity contribution < 1.29 is 4.74 Å². The Morgan fingerprint density at radius 3 is 2.36 bits per heavy atom. The van der Waals surface area contributed by atoms with Crippen LogP contribution in [-0.4, -0.2) is 24.5 Å². The molecular weight excluding hydrogens is 348 g/mol. The van der Waals surface area contributed by atoms with Crippen molar-refractivity contribution in [3.05, 3.63) is 54.1 Å². The highest BCUT2D eigenvalue weighted by atomic mass is 32.2. The average Bonchev–Trinajstić information content (AvgIpc) is 2.62. The molecule has 5 heteroatoms. The Kier molecular flexibility index (Phi) is 8.09. The van der Waals surface area contributed by atoms with Crippen molar-refractivity contribution in [1.82, 2.24) is 5.32 Å². The number of thiocarbonyl (C=S) groups is 1.